The number of rotatable bonds is 2. The number of hydrogen-bond acceptors (Lipinski definition) is 4. The van der Waals surface area contributed by atoms with Crippen LogP contribution < -0.4 is 5.32 Å². The average molecular weight is 230 g/mol. The van der Waals surface area contributed by atoms with Crippen LogP contribution in [0.1, 0.15) is 22.5 Å². The maximum atomic E-state index is 11.9. The van der Waals surface area contributed by atoms with Gasteiger partial charge >= 0.3 is 0 Å². The lowest BCUT2D eigenvalue weighted by Crippen LogP contribution is -2.36. The third kappa shape index (κ3) is 2.80. The molecule has 2 rings (SSSR count). The molecule has 0 radical (unpaired) electrons. The second-order valence-corrected chi connectivity index (χ2v) is 4.27. The summed E-state index contributed by atoms with van der Waals surface area (Å²) in [5, 5.41) is 11.6. The number of nitrogens with zero attached hydrogens (tertiary/aromatic N) is 3. The molecule has 1 N–H and O–H groups in total. The van der Waals surface area contributed by atoms with Crippen molar-refractivity contribution in [2.75, 3.05) is 20.1 Å². The maximum Gasteiger partial charge on any atom is 0.253 e. The van der Waals surface area contributed by atoms with Crippen LogP contribution in [0.15, 0.2) is 18.3 Å². The molecule has 17 heavy (non-hydrogen) atoms. The molecule has 1 unspecified atom stereocenters. The second kappa shape index (κ2) is 4.93. The summed E-state index contributed by atoms with van der Waals surface area (Å²) in [5.41, 5.74) is 0.820. The number of hydrogen-bond donors (Lipinski definition) is 1. The fraction of sp³-hybridized carbons (Fsp3) is 0.417. The Balaban J connectivity index is 1.97. The van der Waals surface area contributed by atoms with Crippen molar-refractivity contribution in [2.45, 2.75) is 12.5 Å². The van der Waals surface area contributed by atoms with Crippen molar-refractivity contribution in [3.8, 4) is 6.07 Å². The Morgan fingerprint density at radius 2 is 2.47 bits per heavy atom. The first-order valence-electron chi connectivity index (χ1n) is 5.54. The van der Waals surface area contributed by atoms with Crippen LogP contribution in [0.5, 0.6) is 0 Å². The lowest BCUT2D eigenvalue weighted by atomic mass is 10.2. The van der Waals surface area contributed by atoms with Gasteiger partial charge in [0.1, 0.15) is 11.8 Å². The van der Waals surface area contributed by atoms with Crippen LogP contribution in [0.25, 0.3) is 0 Å². The molecule has 1 aliphatic heterocycles. The molecule has 0 aromatic carbocycles. The Morgan fingerprint density at radius 3 is 3.00 bits per heavy atom. The molecule has 0 aliphatic carbocycles. The zero-order valence-electron chi connectivity index (χ0n) is 9.68. The van der Waals surface area contributed by atoms with Crippen molar-refractivity contribution in [1.82, 2.24) is 15.2 Å². The van der Waals surface area contributed by atoms with Crippen LogP contribution in [0, 0.1) is 11.3 Å². The first kappa shape index (κ1) is 11.6. The summed E-state index contributed by atoms with van der Waals surface area (Å²) in [5.74, 6) is -0.123. The summed E-state index contributed by atoms with van der Waals surface area (Å²) >= 11 is 0. The molecule has 1 saturated heterocycles. The van der Waals surface area contributed by atoms with Crippen LogP contribution in [-0.4, -0.2) is 42.0 Å². The number of carbonyl (C=O) groups is 1. The average Bonchev–Trinajstić information content (AvgIpc) is 2.75. The van der Waals surface area contributed by atoms with Crippen molar-refractivity contribution in [3.05, 3.63) is 29.6 Å². The van der Waals surface area contributed by atoms with Crippen molar-refractivity contribution >= 4 is 5.91 Å². The normalized spacial score (nSPS) is 19.9. The minimum Gasteiger partial charge on any atom is -0.348 e. The topological polar surface area (TPSA) is 69.0 Å². The van der Waals surface area contributed by atoms with E-state index in [2.05, 4.69) is 15.2 Å². The summed E-state index contributed by atoms with van der Waals surface area (Å²) in [7, 11) is 2.04. The van der Waals surface area contributed by atoms with Crippen molar-refractivity contribution < 1.29 is 4.79 Å². The van der Waals surface area contributed by atoms with Gasteiger partial charge in [0.25, 0.3) is 5.91 Å². The summed E-state index contributed by atoms with van der Waals surface area (Å²) < 4.78 is 0. The molecular weight excluding hydrogens is 216 g/mol. The van der Waals surface area contributed by atoms with Gasteiger partial charge in [-0.05, 0) is 32.1 Å². The number of aromatic nitrogens is 1. The highest BCUT2D eigenvalue weighted by Crippen LogP contribution is 2.07. The summed E-state index contributed by atoms with van der Waals surface area (Å²) in [6.45, 7) is 1.89. The van der Waals surface area contributed by atoms with Crippen LogP contribution in [0.3, 0.4) is 0 Å². The maximum absolute atomic E-state index is 11.9. The number of likely N-dealkylation sites (tertiary alicyclic amines) is 1. The second-order valence-electron chi connectivity index (χ2n) is 4.27. The van der Waals surface area contributed by atoms with Gasteiger partial charge in [0, 0.05) is 18.8 Å². The van der Waals surface area contributed by atoms with Crippen molar-refractivity contribution in [2.24, 2.45) is 0 Å². The van der Waals surface area contributed by atoms with Crippen LogP contribution in [-0.2, 0) is 0 Å². The molecule has 5 heteroatoms. The first-order valence-corrected chi connectivity index (χ1v) is 5.54. The predicted octanol–water partition coefficient (Wildman–Crippen LogP) is 0.387. The Bertz CT molecular complexity index is 449. The highest BCUT2D eigenvalue weighted by molar-refractivity contribution is 5.94. The number of nitriles is 1. The Hall–Kier alpha value is -1.93. The lowest BCUT2D eigenvalue weighted by Gasteiger charge is -2.12. The van der Waals surface area contributed by atoms with E-state index in [1.807, 2.05) is 13.1 Å². The minimum absolute atomic E-state index is 0.123. The SMILES string of the molecule is CN1CCC(NC(=O)c2ccc(C#N)nc2)C1. The molecule has 1 aromatic rings. The monoisotopic (exact) mass is 230 g/mol. The van der Waals surface area contributed by atoms with Gasteiger partial charge in [-0.3, -0.25) is 4.79 Å². The van der Waals surface area contributed by atoms with E-state index in [-0.39, 0.29) is 11.9 Å². The molecule has 1 aliphatic rings. The Labute approximate surface area is 100 Å². The summed E-state index contributed by atoms with van der Waals surface area (Å²) in [4.78, 5) is 17.9. The van der Waals surface area contributed by atoms with Gasteiger partial charge < -0.3 is 10.2 Å². The van der Waals surface area contributed by atoms with Gasteiger partial charge in [0.05, 0.1) is 5.56 Å². The van der Waals surface area contributed by atoms with Gasteiger partial charge in [-0.1, -0.05) is 0 Å². The van der Waals surface area contributed by atoms with E-state index in [0.717, 1.165) is 19.5 Å². The van der Waals surface area contributed by atoms with E-state index in [0.29, 0.717) is 11.3 Å². The van der Waals surface area contributed by atoms with E-state index in [4.69, 9.17) is 5.26 Å². The Kier molecular flexibility index (Phi) is 3.35. The van der Waals surface area contributed by atoms with E-state index in [1.165, 1.54) is 6.20 Å². The molecule has 0 spiro atoms. The van der Waals surface area contributed by atoms with Gasteiger partial charge in [-0.15, -0.1) is 0 Å². The molecule has 0 saturated carbocycles. The third-order valence-corrected chi connectivity index (χ3v) is 2.87. The minimum atomic E-state index is -0.123. The summed E-state index contributed by atoms with van der Waals surface area (Å²) in [6.07, 6.45) is 2.42. The zero-order chi connectivity index (χ0) is 12.3. The van der Waals surface area contributed by atoms with Crippen LogP contribution in [0.2, 0.25) is 0 Å². The zero-order valence-corrected chi connectivity index (χ0v) is 9.68. The molecule has 2 heterocycles. The smallest absolute Gasteiger partial charge is 0.253 e. The fourth-order valence-electron chi connectivity index (χ4n) is 1.92. The quantitative estimate of drug-likeness (QED) is 0.797. The number of likely N-dealkylation sites (N-methyl/N-ethyl adjacent to an activating group) is 1. The van der Waals surface area contributed by atoms with Gasteiger partial charge in [-0.2, -0.15) is 5.26 Å². The van der Waals surface area contributed by atoms with Crippen molar-refractivity contribution in [1.29, 1.82) is 5.26 Å². The van der Waals surface area contributed by atoms with E-state index >= 15 is 0 Å². The molecule has 1 fully saturated rings. The van der Waals surface area contributed by atoms with Crippen LogP contribution in [0.4, 0.5) is 0 Å². The lowest BCUT2D eigenvalue weighted by molar-refractivity contribution is 0.0938. The standard InChI is InChI=1S/C12H14N4O/c1-16-5-4-11(8-16)15-12(17)9-2-3-10(6-13)14-7-9/h2-3,7,11H,4-5,8H2,1H3,(H,15,17). The highest BCUT2D eigenvalue weighted by Gasteiger charge is 2.21. The van der Waals surface area contributed by atoms with E-state index in [1.54, 1.807) is 12.1 Å². The molecule has 0 bridgehead atoms. The number of pyridine rings is 1. The molecular formula is C12H14N4O. The predicted molar refractivity (Wildman–Crippen MR) is 62.3 cm³/mol. The first-order chi connectivity index (χ1) is 8.19. The van der Waals surface area contributed by atoms with Gasteiger partial charge in [0.15, 0.2) is 0 Å². The molecule has 1 amide bonds. The number of nitrogens with one attached hydrogen (secondary N) is 1. The number of carbonyl (C=O) groups excluding carboxylic acids is 1. The summed E-state index contributed by atoms with van der Waals surface area (Å²) in [6, 6.07) is 5.31. The van der Waals surface area contributed by atoms with Gasteiger partial charge in [0.2, 0.25) is 0 Å². The largest absolute Gasteiger partial charge is 0.348 e. The third-order valence-electron chi connectivity index (χ3n) is 2.87. The molecule has 5 nitrogen and oxygen atoms in total. The molecule has 88 valence electrons. The van der Waals surface area contributed by atoms with Gasteiger partial charge in [-0.25, -0.2) is 4.98 Å². The van der Waals surface area contributed by atoms with E-state index in [9.17, 15) is 4.79 Å². The molecule has 1 aromatic heterocycles. The van der Waals surface area contributed by atoms with Crippen molar-refractivity contribution in [3.63, 3.8) is 0 Å². The highest BCUT2D eigenvalue weighted by atomic mass is 16.1. The fourth-order valence-corrected chi connectivity index (χ4v) is 1.92. The number of amides is 1. The van der Waals surface area contributed by atoms with Crippen LogP contribution >= 0.6 is 0 Å². The molecule has 1 atom stereocenters. The Morgan fingerprint density at radius 1 is 1.65 bits per heavy atom. The van der Waals surface area contributed by atoms with E-state index < -0.39 is 0 Å².